The number of halogens is 2. The Morgan fingerprint density at radius 1 is 1.23 bits per heavy atom. The Morgan fingerprint density at radius 2 is 1.77 bits per heavy atom. The molecule has 1 unspecified atom stereocenters. The minimum Gasteiger partial charge on any atom is -0.481 e. The molecule has 1 aromatic carbocycles. The maximum atomic E-state index is 11.3. The minimum atomic E-state index is -0.939. The van der Waals surface area contributed by atoms with Gasteiger partial charge >= 0.3 is 13.1 Å². The summed E-state index contributed by atoms with van der Waals surface area (Å²) in [5.74, 6) is -1.45. The molecular weight excluding hydrogens is 326 g/mol. The first-order chi connectivity index (χ1) is 10.0. The SMILES string of the molecule is CC1(C)OB(C(CC(=O)O)c2ccc(Cl)cc2Cl)OC1(C)C. The molecule has 0 bridgehead atoms. The number of benzene rings is 1. The number of carboxylic acids is 1. The summed E-state index contributed by atoms with van der Waals surface area (Å²) < 4.78 is 12.0. The van der Waals surface area contributed by atoms with Gasteiger partial charge in [-0.25, -0.2) is 0 Å². The summed E-state index contributed by atoms with van der Waals surface area (Å²) in [7, 11) is -0.681. The third-order valence-corrected chi connectivity index (χ3v) is 4.92. The second kappa shape index (κ2) is 6.04. The Kier molecular flexibility index (Phi) is 4.84. The van der Waals surface area contributed by atoms with Gasteiger partial charge in [-0.15, -0.1) is 0 Å². The molecule has 1 N–H and O–H groups in total. The fourth-order valence-electron chi connectivity index (χ4n) is 2.40. The van der Waals surface area contributed by atoms with Crippen LogP contribution in [0.25, 0.3) is 0 Å². The molecule has 0 spiro atoms. The van der Waals surface area contributed by atoms with Crippen molar-refractivity contribution >= 4 is 36.3 Å². The van der Waals surface area contributed by atoms with Crippen molar-refractivity contribution in [3.05, 3.63) is 33.8 Å². The Morgan fingerprint density at radius 3 is 2.23 bits per heavy atom. The maximum Gasteiger partial charge on any atom is 0.466 e. The topological polar surface area (TPSA) is 55.8 Å². The number of rotatable bonds is 4. The van der Waals surface area contributed by atoms with E-state index in [1.165, 1.54) is 0 Å². The molecule has 22 heavy (non-hydrogen) atoms. The summed E-state index contributed by atoms with van der Waals surface area (Å²) in [6.07, 6.45) is -0.141. The predicted molar refractivity (Wildman–Crippen MR) is 87.5 cm³/mol. The van der Waals surface area contributed by atoms with Crippen LogP contribution in [0.1, 0.15) is 45.5 Å². The summed E-state index contributed by atoms with van der Waals surface area (Å²) >= 11 is 12.2. The quantitative estimate of drug-likeness (QED) is 0.832. The lowest BCUT2D eigenvalue weighted by Gasteiger charge is -2.32. The van der Waals surface area contributed by atoms with Crippen LogP contribution in [0.15, 0.2) is 18.2 Å². The molecule has 1 atom stereocenters. The van der Waals surface area contributed by atoms with Gasteiger partial charge in [0.25, 0.3) is 0 Å². The number of aliphatic carboxylic acids is 1. The first kappa shape index (κ1) is 17.6. The summed E-state index contributed by atoms with van der Waals surface area (Å²) in [6.45, 7) is 7.70. The summed E-state index contributed by atoms with van der Waals surface area (Å²) in [5.41, 5.74) is -0.410. The second-order valence-corrected chi connectivity index (χ2v) is 7.34. The molecule has 0 aromatic heterocycles. The van der Waals surface area contributed by atoms with Crippen LogP contribution in [0.2, 0.25) is 10.0 Å². The van der Waals surface area contributed by atoms with Crippen molar-refractivity contribution in [1.29, 1.82) is 0 Å². The van der Waals surface area contributed by atoms with E-state index >= 15 is 0 Å². The zero-order chi connectivity index (χ0) is 16.7. The Balaban J connectivity index is 2.38. The normalized spacial score (nSPS) is 20.9. The van der Waals surface area contributed by atoms with Gasteiger partial charge in [0.1, 0.15) is 0 Å². The van der Waals surface area contributed by atoms with E-state index in [-0.39, 0.29) is 6.42 Å². The molecular formula is C15H19BCl2O4. The zero-order valence-corrected chi connectivity index (χ0v) is 14.5. The number of hydrogen-bond donors (Lipinski definition) is 1. The van der Waals surface area contributed by atoms with Crippen molar-refractivity contribution < 1.29 is 19.2 Å². The average Bonchev–Trinajstić information content (AvgIpc) is 2.56. The van der Waals surface area contributed by atoms with Gasteiger partial charge in [-0.1, -0.05) is 29.3 Å². The van der Waals surface area contributed by atoms with E-state index in [1.54, 1.807) is 18.2 Å². The molecule has 1 aliphatic heterocycles. The molecule has 7 heteroatoms. The highest BCUT2D eigenvalue weighted by molar-refractivity contribution is 6.48. The van der Waals surface area contributed by atoms with Crippen molar-refractivity contribution in [2.75, 3.05) is 0 Å². The van der Waals surface area contributed by atoms with Crippen LogP contribution in [0.3, 0.4) is 0 Å². The fraction of sp³-hybridized carbons (Fsp3) is 0.533. The van der Waals surface area contributed by atoms with Crippen molar-refractivity contribution in [1.82, 2.24) is 0 Å². The van der Waals surface area contributed by atoms with Crippen LogP contribution in [0, 0.1) is 0 Å². The molecule has 1 saturated heterocycles. The summed E-state index contributed by atoms with van der Waals surface area (Å²) in [6, 6.07) is 5.00. The van der Waals surface area contributed by atoms with Crippen LogP contribution in [0.4, 0.5) is 0 Å². The lowest BCUT2D eigenvalue weighted by atomic mass is 9.66. The van der Waals surface area contributed by atoms with Gasteiger partial charge in [-0.3, -0.25) is 4.79 Å². The molecule has 1 aliphatic rings. The van der Waals surface area contributed by atoms with Crippen molar-refractivity contribution in [3.63, 3.8) is 0 Å². The van der Waals surface area contributed by atoms with E-state index in [1.807, 2.05) is 27.7 Å². The van der Waals surface area contributed by atoms with Crippen molar-refractivity contribution in [2.45, 2.75) is 51.1 Å². The van der Waals surface area contributed by atoms with Gasteiger partial charge < -0.3 is 14.4 Å². The van der Waals surface area contributed by atoms with Gasteiger partial charge in [-0.05, 0) is 45.4 Å². The fourth-order valence-corrected chi connectivity index (χ4v) is 2.94. The highest BCUT2D eigenvalue weighted by atomic mass is 35.5. The predicted octanol–water partition coefficient (Wildman–Crippen LogP) is 4.18. The molecule has 1 aromatic rings. The summed E-state index contributed by atoms with van der Waals surface area (Å²) in [5, 5.41) is 10.1. The van der Waals surface area contributed by atoms with E-state index in [2.05, 4.69) is 0 Å². The van der Waals surface area contributed by atoms with E-state index in [9.17, 15) is 9.90 Å². The average molecular weight is 345 g/mol. The lowest BCUT2D eigenvalue weighted by molar-refractivity contribution is -0.137. The van der Waals surface area contributed by atoms with Crippen molar-refractivity contribution in [3.8, 4) is 0 Å². The number of carbonyl (C=O) groups is 1. The molecule has 4 nitrogen and oxygen atoms in total. The van der Waals surface area contributed by atoms with Crippen LogP contribution >= 0.6 is 23.2 Å². The zero-order valence-electron chi connectivity index (χ0n) is 13.0. The van der Waals surface area contributed by atoms with Crippen molar-refractivity contribution in [2.24, 2.45) is 0 Å². The Hall–Kier alpha value is -0.745. The van der Waals surface area contributed by atoms with E-state index in [0.717, 1.165) is 0 Å². The molecule has 1 heterocycles. The van der Waals surface area contributed by atoms with Gasteiger partial charge in [0.05, 0.1) is 17.6 Å². The third kappa shape index (κ3) is 3.43. The lowest BCUT2D eigenvalue weighted by Crippen LogP contribution is -2.41. The molecule has 120 valence electrons. The van der Waals surface area contributed by atoms with Gasteiger partial charge in [0, 0.05) is 15.9 Å². The van der Waals surface area contributed by atoms with E-state index in [4.69, 9.17) is 32.5 Å². The highest BCUT2D eigenvalue weighted by Gasteiger charge is 2.54. The van der Waals surface area contributed by atoms with Crippen LogP contribution in [0.5, 0.6) is 0 Å². The first-order valence-corrected chi connectivity index (χ1v) is 7.81. The monoisotopic (exact) mass is 344 g/mol. The van der Waals surface area contributed by atoms with Crippen LogP contribution < -0.4 is 0 Å². The Labute approximate surface area is 140 Å². The van der Waals surface area contributed by atoms with E-state index in [0.29, 0.717) is 15.6 Å². The second-order valence-electron chi connectivity index (χ2n) is 6.49. The standard InChI is InChI=1S/C15H19BCl2O4/c1-14(2)15(3,4)22-16(21-14)11(8-13(19)20)10-6-5-9(17)7-12(10)18/h5-7,11H,8H2,1-4H3,(H,19,20). The summed E-state index contributed by atoms with van der Waals surface area (Å²) in [4.78, 5) is 11.3. The first-order valence-electron chi connectivity index (χ1n) is 7.06. The molecule has 0 aliphatic carbocycles. The largest absolute Gasteiger partial charge is 0.481 e. The molecule has 0 saturated carbocycles. The minimum absolute atomic E-state index is 0.141. The Bertz CT molecular complexity index is 573. The molecule has 0 amide bonds. The van der Waals surface area contributed by atoms with Gasteiger partial charge in [0.15, 0.2) is 0 Å². The van der Waals surface area contributed by atoms with Gasteiger partial charge in [-0.2, -0.15) is 0 Å². The van der Waals surface area contributed by atoms with Crippen LogP contribution in [-0.4, -0.2) is 29.4 Å². The molecule has 2 rings (SSSR count). The smallest absolute Gasteiger partial charge is 0.466 e. The molecule has 1 fully saturated rings. The number of hydrogen-bond acceptors (Lipinski definition) is 3. The van der Waals surface area contributed by atoms with E-state index < -0.39 is 30.1 Å². The highest BCUT2D eigenvalue weighted by Crippen LogP contribution is 2.43. The third-order valence-electron chi connectivity index (χ3n) is 4.36. The number of carboxylic acid groups (broad SMARTS) is 1. The molecule has 0 radical (unpaired) electrons. The maximum absolute atomic E-state index is 11.3. The van der Waals surface area contributed by atoms with Crippen LogP contribution in [-0.2, 0) is 14.1 Å². The van der Waals surface area contributed by atoms with Gasteiger partial charge in [0.2, 0.25) is 0 Å².